The van der Waals surface area contributed by atoms with E-state index in [2.05, 4.69) is 5.32 Å². The van der Waals surface area contributed by atoms with Gasteiger partial charge in [0.1, 0.15) is 17.1 Å². The summed E-state index contributed by atoms with van der Waals surface area (Å²) >= 11 is 0. The Bertz CT molecular complexity index is 569. The molecule has 1 amide bonds. The van der Waals surface area contributed by atoms with Crippen LogP contribution in [0.5, 0.6) is 11.5 Å². The van der Waals surface area contributed by atoms with E-state index in [1.54, 1.807) is 19.1 Å². The molecule has 1 atom stereocenters. The molecule has 1 aromatic rings. The number of hydrogen-bond donors (Lipinski definition) is 1. The second kappa shape index (κ2) is 7.75. The van der Waals surface area contributed by atoms with E-state index < -0.39 is 5.60 Å². The van der Waals surface area contributed by atoms with Crippen molar-refractivity contribution in [2.45, 2.75) is 45.4 Å². The van der Waals surface area contributed by atoms with E-state index in [9.17, 15) is 4.79 Å². The van der Waals surface area contributed by atoms with E-state index in [1.807, 2.05) is 39.0 Å². The van der Waals surface area contributed by atoms with Crippen molar-refractivity contribution in [1.29, 1.82) is 0 Å². The van der Waals surface area contributed by atoms with Gasteiger partial charge in [-0.05, 0) is 33.3 Å². The van der Waals surface area contributed by atoms with Crippen LogP contribution in [-0.4, -0.2) is 49.9 Å². The summed E-state index contributed by atoms with van der Waals surface area (Å²) in [6.07, 6.45) is 0.673. The quantitative estimate of drug-likeness (QED) is 0.896. The lowest BCUT2D eigenvalue weighted by molar-refractivity contribution is 0.0291. The number of ether oxygens (including phenoxy) is 3. The van der Waals surface area contributed by atoms with Gasteiger partial charge in [0.2, 0.25) is 0 Å². The number of benzene rings is 1. The van der Waals surface area contributed by atoms with Gasteiger partial charge >= 0.3 is 6.09 Å². The average Bonchev–Trinajstić information content (AvgIpc) is 3.00. The van der Waals surface area contributed by atoms with E-state index in [1.165, 1.54) is 0 Å². The number of likely N-dealkylation sites (tertiary alicyclic amines) is 1. The number of carbonyl (C=O) groups excluding carboxylic acids is 1. The molecule has 0 bridgehead atoms. The molecule has 1 fully saturated rings. The lowest BCUT2D eigenvalue weighted by atomic mass is 10.1. The monoisotopic (exact) mass is 336 g/mol. The van der Waals surface area contributed by atoms with Crippen molar-refractivity contribution in [3.8, 4) is 11.5 Å². The number of nitrogens with zero attached hydrogens (tertiary/aromatic N) is 1. The maximum Gasteiger partial charge on any atom is 0.410 e. The van der Waals surface area contributed by atoms with Crippen LogP contribution in [0.3, 0.4) is 0 Å². The van der Waals surface area contributed by atoms with Gasteiger partial charge < -0.3 is 24.4 Å². The van der Waals surface area contributed by atoms with Gasteiger partial charge in [0, 0.05) is 37.3 Å². The van der Waals surface area contributed by atoms with Gasteiger partial charge in [-0.1, -0.05) is 6.07 Å². The van der Waals surface area contributed by atoms with Crippen LogP contribution in [0.1, 0.15) is 32.8 Å². The molecule has 0 spiro atoms. The molecule has 1 heterocycles. The van der Waals surface area contributed by atoms with Crippen molar-refractivity contribution in [2.75, 3.05) is 27.3 Å². The molecular weight excluding hydrogens is 308 g/mol. The zero-order chi connectivity index (χ0) is 17.7. The fourth-order valence-corrected chi connectivity index (χ4v) is 2.67. The maximum absolute atomic E-state index is 12.1. The second-order valence-corrected chi connectivity index (χ2v) is 6.97. The predicted molar refractivity (Wildman–Crippen MR) is 92.6 cm³/mol. The van der Waals surface area contributed by atoms with Crippen LogP contribution in [-0.2, 0) is 11.3 Å². The molecule has 1 saturated heterocycles. The van der Waals surface area contributed by atoms with Gasteiger partial charge in [0.25, 0.3) is 0 Å². The highest BCUT2D eigenvalue weighted by atomic mass is 16.6. The van der Waals surface area contributed by atoms with Crippen molar-refractivity contribution >= 4 is 6.09 Å². The minimum atomic E-state index is -0.459. The zero-order valence-electron chi connectivity index (χ0n) is 15.2. The molecular formula is C18H28N2O4. The summed E-state index contributed by atoms with van der Waals surface area (Å²) in [5.74, 6) is 1.57. The summed E-state index contributed by atoms with van der Waals surface area (Å²) in [5, 5.41) is 3.49. The Kier molecular flexibility index (Phi) is 5.94. The lowest BCUT2D eigenvalue weighted by Crippen LogP contribution is -2.38. The number of methoxy groups -OCH3 is 2. The van der Waals surface area contributed by atoms with E-state index in [-0.39, 0.29) is 12.1 Å². The molecule has 0 unspecified atom stereocenters. The Morgan fingerprint density at radius 1 is 1.29 bits per heavy atom. The van der Waals surface area contributed by atoms with Crippen LogP contribution in [0.2, 0.25) is 0 Å². The molecule has 1 aromatic carbocycles. The van der Waals surface area contributed by atoms with Crippen molar-refractivity contribution < 1.29 is 19.0 Å². The number of nitrogens with one attached hydrogen (secondary N) is 1. The lowest BCUT2D eigenvalue weighted by Gasteiger charge is -2.24. The van der Waals surface area contributed by atoms with Gasteiger partial charge in [-0.15, -0.1) is 0 Å². The smallest absolute Gasteiger partial charge is 0.410 e. The van der Waals surface area contributed by atoms with Crippen LogP contribution >= 0.6 is 0 Å². The summed E-state index contributed by atoms with van der Waals surface area (Å²) < 4.78 is 16.0. The maximum atomic E-state index is 12.1. The summed E-state index contributed by atoms with van der Waals surface area (Å²) in [7, 11) is 3.29. The van der Waals surface area contributed by atoms with Crippen LogP contribution < -0.4 is 14.8 Å². The van der Waals surface area contributed by atoms with Gasteiger partial charge in [-0.3, -0.25) is 0 Å². The number of hydrogen-bond acceptors (Lipinski definition) is 5. The predicted octanol–water partition coefficient (Wildman–Crippen LogP) is 2.80. The third-order valence-corrected chi connectivity index (χ3v) is 3.92. The van der Waals surface area contributed by atoms with E-state index in [0.717, 1.165) is 23.5 Å². The van der Waals surface area contributed by atoms with Gasteiger partial charge in [0.05, 0.1) is 14.2 Å². The molecule has 0 aliphatic carbocycles. The summed E-state index contributed by atoms with van der Waals surface area (Å²) in [6.45, 7) is 7.70. The van der Waals surface area contributed by atoms with E-state index in [4.69, 9.17) is 14.2 Å². The highest BCUT2D eigenvalue weighted by Gasteiger charge is 2.29. The Labute approximate surface area is 144 Å². The summed E-state index contributed by atoms with van der Waals surface area (Å²) in [6, 6.07) is 6.04. The average molecular weight is 336 g/mol. The molecule has 6 heteroatoms. The Morgan fingerprint density at radius 2 is 2.04 bits per heavy atom. The van der Waals surface area contributed by atoms with E-state index in [0.29, 0.717) is 19.6 Å². The van der Waals surface area contributed by atoms with Crippen molar-refractivity contribution in [1.82, 2.24) is 10.2 Å². The first-order chi connectivity index (χ1) is 11.3. The Balaban J connectivity index is 1.87. The number of carbonyl (C=O) groups is 1. The first-order valence-corrected chi connectivity index (χ1v) is 8.24. The van der Waals surface area contributed by atoms with Gasteiger partial charge in [0.15, 0.2) is 0 Å². The van der Waals surface area contributed by atoms with Crippen molar-refractivity contribution in [3.05, 3.63) is 23.8 Å². The zero-order valence-corrected chi connectivity index (χ0v) is 15.2. The van der Waals surface area contributed by atoms with Crippen LogP contribution in [0.15, 0.2) is 18.2 Å². The fraction of sp³-hybridized carbons (Fsp3) is 0.611. The van der Waals surface area contributed by atoms with Gasteiger partial charge in [-0.2, -0.15) is 0 Å². The van der Waals surface area contributed by atoms with E-state index >= 15 is 0 Å². The first-order valence-electron chi connectivity index (χ1n) is 8.24. The first kappa shape index (κ1) is 18.4. The van der Waals surface area contributed by atoms with Crippen molar-refractivity contribution in [3.63, 3.8) is 0 Å². The van der Waals surface area contributed by atoms with Gasteiger partial charge in [-0.25, -0.2) is 4.79 Å². The molecule has 0 saturated carbocycles. The molecule has 24 heavy (non-hydrogen) atoms. The Hall–Kier alpha value is -1.95. The third-order valence-electron chi connectivity index (χ3n) is 3.92. The minimum absolute atomic E-state index is 0.242. The van der Waals surface area contributed by atoms with Crippen molar-refractivity contribution in [2.24, 2.45) is 0 Å². The topological polar surface area (TPSA) is 60.0 Å². The summed E-state index contributed by atoms with van der Waals surface area (Å²) in [5.41, 5.74) is 0.605. The fourth-order valence-electron chi connectivity index (χ4n) is 2.67. The molecule has 134 valence electrons. The molecule has 0 radical (unpaired) electrons. The third kappa shape index (κ3) is 5.03. The molecule has 2 rings (SSSR count). The number of amides is 1. The second-order valence-electron chi connectivity index (χ2n) is 6.97. The normalized spacial score (nSPS) is 17.7. The molecule has 1 aliphatic rings. The van der Waals surface area contributed by atoms with Crippen LogP contribution in [0, 0.1) is 0 Å². The molecule has 1 N–H and O–H groups in total. The Morgan fingerprint density at radius 3 is 2.67 bits per heavy atom. The molecule has 6 nitrogen and oxygen atoms in total. The highest BCUT2D eigenvalue weighted by molar-refractivity contribution is 5.68. The highest BCUT2D eigenvalue weighted by Crippen LogP contribution is 2.25. The summed E-state index contributed by atoms with van der Waals surface area (Å²) in [4.78, 5) is 13.9. The number of rotatable bonds is 5. The van der Waals surface area contributed by atoms with Crippen LogP contribution in [0.4, 0.5) is 4.79 Å². The molecule has 0 aromatic heterocycles. The standard InChI is InChI=1S/C18H28N2O4/c1-18(2,3)24-17(21)20-9-8-14(12-20)19-11-13-6-7-15(22-4)10-16(13)23-5/h6-7,10,14,19H,8-9,11-12H2,1-5H3/t14-/m1/s1. The largest absolute Gasteiger partial charge is 0.497 e. The molecule has 1 aliphatic heterocycles. The van der Waals surface area contributed by atoms with Crippen LogP contribution in [0.25, 0.3) is 0 Å². The minimum Gasteiger partial charge on any atom is -0.497 e. The SMILES string of the molecule is COc1ccc(CN[C@@H]2CCN(C(=O)OC(C)(C)C)C2)c(OC)c1.